The lowest BCUT2D eigenvalue weighted by Crippen LogP contribution is -2.38. The van der Waals surface area contributed by atoms with Crippen molar-refractivity contribution in [1.82, 2.24) is 5.32 Å². The highest BCUT2D eigenvalue weighted by molar-refractivity contribution is 6.39. The number of carbonyl (C=O) groups excluding carboxylic acids is 3. The molecule has 1 aliphatic carbocycles. The van der Waals surface area contributed by atoms with Crippen LogP contribution in [0.5, 0.6) is 0 Å². The summed E-state index contributed by atoms with van der Waals surface area (Å²) in [6.45, 7) is 1.30. The van der Waals surface area contributed by atoms with Crippen LogP contribution in [-0.4, -0.2) is 37.6 Å². The molecule has 7 nitrogen and oxygen atoms in total. The first-order chi connectivity index (χ1) is 12.1. The lowest BCUT2D eigenvalue weighted by Gasteiger charge is -2.18. The van der Waals surface area contributed by atoms with E-state index < -0.39 is 17.9 Å². The summed E-state index contributed by atoms with van der Waals surface area (Å²) in [5.41, 5.74) is 1.08. The van der Waals surface area contributed by atoms with E-state index in [0.29, 0.717) is 37.0 Å². The van der Waals surface area contributed by atoms with Crippen molar-refractivity contribution in [3.8, 4) is 0 Å². The van der Waals surface area contributed by atoms with E-state index in [9.17, 15) is 14.4 Å². The van der Waals surface area contributed by atoms with Gasteiger partial charge in [0.05, 0.1) is 6.54 Å². The van der Waals surface area contributed by atoms with Gasteiger partial charge in [-0.25, -0.2) is 4.79 Å². The molecule has 1 aliphatic heterocycles. The molecule has 1 fully saturated rings. The van der Waals surface area contributed by atoms with Crippen LogP contribution in [0, 0.1) is 5.92 Å². The number of rotatable bonds is 4. The predicted molar refractivity (Wildman–Crippen MR) is 93.3 cm³/mol. The van der Waals surface area contributed by atoms with E-state index in [1.165, 1.54) is 4.90 Å². The Labute approximate surface area is 146 Å². The van der Waals surface area contributed by atoms with Crippen LogP contribution in [0.15, 0.2) is 36.4 Å². The van der Waals surface area contributed by atoms with Crippen LogP contribution in [0.4, 0.5) is 16.2 Å². The van der Waals surface area contributed by atoms with Gasteiger partial charge in [-0.1, -0.05) is 18.2 Å². The Balaban J connectivity index is 1.54. The normalized spacial score (nSPS) is 19.4. The van der Waals surface area contributed by atoms with Gasteiger partial charge in [-0.15, -0.1) is 0 Å². The minimum atomic E-state index is -0.715. The molecule has 3 amide bonds. The zero-order chi connectivity index (χ0) is 17.6. The highest BCUT2D eigenvalue weighted by Gasteiger charge is 2.24. The molecule has 3 rings (SSSR count). The Bertz CT molecular complexity index is 701. The minimum Gasteiger partial charge on any atom is -0.447 e. The Morgan fingerprint density at radius 3 is 2.84 bits per heavy atom. The molecule has 132 valence electrons. The van der Waals surface area contributed by atoms with Gasteiger partial charge in [0.15, 0.2) is 0 Å². The van der Waals surface area contributed by atoms with Crippen LogP contribution in [0.3, 0.4) is 0 Å². The maximum atomic E-state index is 12.0. The fraction of sp³-hybridized carbons (Fsp3) is 0.389. The van der Waals surface area contributed by atoms with Crippen LogP contribution < -0.4 is 15.5 Å². The van der Waals surface area contributed by atoms with Gasteiger partial charge >= 0.3 is 17.9 Å². The van der Waals surface area contributed by atoms with Crippen molar-refractivity contribution in [3.05, 3.63) is 36.4 Å². The molecule has 1 aromatic carbocycles. The van der Waals surface area contributed by atoms with Crippen molar-refractivity contribution < 1.29 is 19.1 Å². The van der Waals surface area contributed by atoms with Crippen molar-refractivity contribution in [2.45, 2.75) is 19.3 Å². The van der Waals surface area contributed by atoms with E-state index in [4.69, 9.17) is 4.74 Å². The van der Waals surface area contributed by atoms with Gasteiger partial charge in [0.1, 0.15) is 6.61 Å². The highest BCUT2D eigenvalue weighted by atomic mass is 16.6. The lowest BCUT2D eigenvalue weighted by atomic mass is 9.94. The largest absolute Gasteiger partial charge is 0.447 e. The predicted octanol–water partition coefficient (Wildman–Crippen LogP) is 2.05. The van der Waals surface area contributed by atoms with Crippen LogP contribution in [0.25, 0.3) is 0 Å². The third-order valence-corrected chi connectivity index (χ3v) is 4.31. The average Bonchev–Trinajstić information content (AvgIpc) is 3.06. The summed E-state index contributed by atoms with van der Waals surface area (Å²) in [7, 11) is 0. The molecule has 1 unspecified atom stereocenters. The van der Waals surface area contributed by atoms with Crippen molar-refractivity contribution in [2.75, 3.05) is 29.9 Å². The smallest absolute Gasteiger partial charge is 0.414 e. The van der Waals surface area contributed by atoms with Gasteiger partial charge in [-0.3, -0.25) is 14.5 Å². The molecule has 7 heteroatoms. The summed E-state index contributed by atoms with van der Waals surface area (Å²) in [5, 5.41) is 5.24. The molecule has 2 N–H and O–H groups in total. The van der Waals surface area contributed by atoms with Gasteiger partial charge in [0, 0.05) is 17.9 Å². The highest BCUT2D eigenvalue weighted by Crippen LogP contribution is 2.22. The summed E-state index contributed by atoms with van der Waals surface area (Å²) in [6, 6.07) is 6.77. The van der Waals surface area contributed by atoms with E-state index in [-0.39, 0.29) is 0 Å². The second-order valence-electron chi connectivity index (χ2n) is 6.13. The number of benzene rings is 1. The molecule has 1 aromatic rings. The first-order valence-corrected chi connectivity index (χ1v) is 8.42. The first-order valence-electron chi connectivity index (χ1n) is 8.42. The second kappa shape index (κ2) is 7.83. The summed E-state index contributed by atoms with van der Waals surface area (Å²) in [5.74, 6) is -0.987. The standard InChI is InChI=1S/C18H21N3O4/c22-16(19-12-13-5-2-1-3-6-13)17(23)20-14-7-4-8-15(11-14)21-9-10-25-18(21)24/h1-2,4,7-8,11,13H,3,5-6,9-10,12H2,(H,19,22)(H,20,23). The number of cyclic esters (lactones) is 1. The Morgan fingerprint density at radius 2 is 2.12 bits per heavy atom. The zero-order valence-corrected chi connectivity index (χ0v) is 13.9. The SMILES string of the molecule is O=C(NCC1CC=CCC1)C(=O)Nc1cccc(N2CCOC2=O)c1. The fourth-order valence-corrected chi connectivity index (χ4v) is 2.93. The van der Waals surface area contributed by atoms with E-state index in [1.54, 1.807) is 24.3 Å². The minimum absolute atomic E-state index is 0.341. The molecule has 0 saturated carbocycles. The second-order valence-corrected chi connectivity index (χ2v) is 6.13. The van der Waals surface area contributed by atoms with Crippen LogP contribution in [0.1, 0.15) is 19.3 Å². The summed E-state index contributed by atoms with van der Waals surface area (Å²) in [4.78, 5) is 37.1. The fourth-order valence-electron chi connectivity index (χ4n) is 2.93. The summed E-state index contributed by atoms with van der Waals surface area (Å²) in [6.07, 6.45) is 6.78. The number of allylic oxidation sites excluding steroid dienone is 2. The topological polar surface area (TPSA) is 87.7 Å². The molecule has 1 saturated heterocycles. The summed E-state index contributed by atoms with van der Waals surface area (Å²) >= 11 is 0. The first kappa shape index (κ1) is 17.0. The number of hydrogen-bond donors (Lipinski definition) is 2. The molecule has 1 atom stereocenters. The molecule has 2 aliphatic rings. The number of amides is 3. The molecule has 0 aromatic heterocycles. The van der Waals surface area contributed by atoms with E-state index in [2.05, 4.69) is 22.8 Å². The van der Waals surface area contributed by atoms with E-state index in [0.717, 1.165) is 19.3 Å². The molecule has 1 heterocycles. The monoisotopic (exact) mass is 343 g/mol. The third kappa shape index (κ3) is 4.37. The van der Waals surface area contributed by atoms with Crippen molar-refractivity contribution >= 4 is 29.3 Å². The van der Waals surface area contributed by atoms with Gasteiger partial charge < -0.3 is 15.4 Å². The van der Waals surface area contributed by atoms with Crippen LogP contribution in [0.2, 0.25) is 0 Å². The van der Waals surface area contributed by atoms with Gasteiger partial charge in [0.25, 0.3) is 0 Å². The van der Waals surface area contributed by atoms with Crippen LogP contribution in [-0.2, 0) is 14.3 Å². The maximum Gasteiger partial charge on any atom is 0.414 e. The van der Waals surface area contributed by atoms with E-state index >= 15 is 0 Å². The molecule has 0 spiro atoms. The Hall–Kier alpha value is -2.83. The Morgan fingerprint density at radius 1 is 1.24 bits per heavy atom. The maximum absolute atomic E-state index is 12.0. The third-order valence-electron chi connectivity index (χ3n) is 4.31. The number of anilines is 2. The number of nitrogens with zero attached hydrogens (tertiary/aromatic N) is 1. The van der Waals surface area contributed by atoms with Crippen molar-refractivity contribution in [2.24, 2.45) is 5.92 Å². The number of ether oxygens (including phenoxy) is 1. The molecule has 0 radical (unpaired) electrons. The summed E-state index contributed by atoms with van der Waals surface area (Å²) < 4.78 is 4.90. The zero-order valence-electron chi connectivity index (χ0n) is 13.9. The molecule has 25 heavy (non-hydrogen) atoms. The lowest BCUT2D eigenvalue weighted by molar-refractivity contribution is -0.136. The van der Waals surface area contributed by atoms with Gasteiger partial charge in [-0.2, -0.15) is 0 Å². The van der Waals surface area contributed by atoms with Crippen molar-refractivity contribution in [3.63, 3.8) is 0 Å². The molecule has 0 bridgehead atoms. The van der Waals surface area contributed by atoms with E-state index in [1.807, 2.05) is 0 Å². The van der Waals surface area contributed by atoms with Crippen molar-refractivity contribution in [1.29, 1.82) is 0 Å². The number of nitrogens with one attached hydrogen (secondary N) is 2. The quantitative estimate of drug-likeness (QED) is 0.647. The Kier molecular flexibility index (Phi) is 5.33. The average molecular weight is 343 g/mol. The number of hydrogen-bond acceptors (Lipinski definition) is 4. The molecular weight excluding hydrogens is 322 g/mol. The van der Waals surface area contributed by atoms with Gasteiger partial charge in [0.2, 0.25) is 0 Å². The van der Waals surface area contributed by atoms with Gasteiger partial charge in [-0.05, 0) is 43.4 Å². The number of carbonyl (C=O) groups is 3. The van der Waals surface area contributed by atoms with Crippen LogP contribution >= 0.6 is 0 Å². The molecular formula is C18H21N3O4.